The average molecular weight is 528 g/mol. The van der Waals surface area contributed by atoms with E-state index in [1.165, 1.54) is 9.88 Å². The number of ether oxygens (including phenoxy) is 1. The number of pyridine rings is 1. The summed E-state index contributed by atoms with van der Waals surface area (Å²) < 4.78 is 35.2. The number of fused-ring (bicyclic) bond motifs is 1. The first-order chi connectivity index (χ1) is 17.7. The largest absolute Gasteiger partial charge is 0.487 e. The molecule has 200 valence electrons. The molecule has 1 N–H and O–H groups in total. The number of carbonyl (C=O) groups is 1. The van der Waals surface area contributed by atoms with Crippen molar-refractivity contribution in [3.05, 3.63) is 59.9 Å². The van der Waals surface area contributed by atoms with Crippen LogP contribution in [0.5, 0.6) is 5.75 Å². The highest BCUT2D eigenvalue weighted by molar-refractivity contribution is 7.89. The molecule has 0 saturated carbocycles. The normalized spacial score (nSPS) is 22.5. The molecule has 8 nitrogen and oxygen atoms in total. The molecule has 0 radical (unpaired) electrons. The highest BCUT2D eigenvalue weighted by atomic mass is 32.2. The number of aliphatic hydroxyl groups excluding tert-OH is 1. The van der Waals surface area contributed by atoms with Crippen molar-refractivity contribution in [3.63, 3.8) is 0 Å². The third-order valence-corrected chi connectivity index (χ3v) is 9.33. The lowest BCUT2D eigenvalue weighted by atomic mass is 9.93. The van der Waals surface area contributed by atoms with Crippen LogP contribution in [0.1, 0.15) is 50.7 Å². The second-order valence-corrected chi connectivity index (χ2v) is 12.0. The van der Waals surface area contributed by atoms with Crippen LogP contribution in [0.4, 0.5) is 0 Å². The number of likely N-dealkylation sites (N-methyl/N-ethyl adjacent to an activating group) is 1. The van der Waals surface area contributed by atoms with Crippen LogP contribution in [0.3, 0.4) is 0 Å². The fraction of sp³-hybridized carbons (Fsp3) is 0.500. The zero-order valence-electron chi connectivity index (χ0n) is 21.8. The van der Waals surface area contributed by atoms with Crippen molar-refractivity contribution < 1.29 is 23.1 Å². The third-order valence-electron chi connectivity index (χ3n) is 7.31. The molecule has 0 saturated heterocycles. The lowest BCUT2D eigenvalue weighted by Gasteiger charge is -2.37. The van der Waals surface area contributed by atoms with Crippen LogP contribution in [0, 0.1) is 5.92 Å². The Morgan fingerprint density at radius 2 is 2.00 bits per heavy atom. The summed E-state index contributed by atoms with van der Waals surface area (Å²) in [5, 5.41) is 9.85. The lowest BCUT2D eigenvalue weighted by molar-refractivity contribution is -0.130. The SMILES string of the molecule is C[C@@H]1CN([C@@H](C)CO)S(=O)(=O)c2ccc(C3=CCCCC3)cc2O[C@@H]1CN(C)C(=O)Cc1ccncc1. The molecule has 1 aromatic heterocycles. The smallest absolute Gasteiger partial charge is 0.247 e. The molecule has 0 spiro atoms. The van der Waals surface area contributed by atoms with E-state index >= 15 is 0 Å². The molecule has 1 amide bonds. The molecule has 1 aliphatic heterocycles. The Morgan fingerprint density at radius 3 is 2.68 bits per heavy atom. The van der Waals surface area contributed by atoms with Gasteiger partial charge in [-0.25, -0.2) is 8.42 Å². The molecule has 2 aliphatic rings. The number of nitrogens with zero attached hydrogens (tertiary/aromatic N) is 3. The van der Waals surface area contributed by atoms with E-state index < -0.39 is 22.2 Å². The van der Waals surface area contributed by atoms with Gasteiger partial charge in [-0.05, 0) is 73.6 Å². The minimum Gasteiger partial charge on any atom is -0.487 e. The molecular formula is C28H37N3O5S. The zero-order valence-corrected chi connectivity index (χ0v) is 22.7. The fourth-order valence-electron chi connectivity index (χ4n) is 4.93. The summed E-state index contributed by atoms with van der Waals surface area (Å²) in [6, 6.07) is 8.34. The topological polar surface area (TPSA) is 100 Å². The van der Waals surface area contributed by atoms with E-state index in [1.807, 2.05) is 31.2 Å². The quantitative estimate of drug-likeness (QED) is 0.592. The number of hydrogen-bond acceptors (Lipinski definition) is 6. The van der Waals surface area contributed by atoms with Gasteiger partial charge in [0.05, 0.1) is 19.6 Å². The number of aliphatic hydroxyl groups is 1. The highest BCUT2D eigenvalue weighted by Gasteiger charge is 2.38. The number of hydrogen-bond donors (Lipinski definition) is 1. The second kappa shape index (κ2) is 11.8. The monoisotopic (exact) mass is 527 g/mol. The number of aromatic nitrogens is 1. The van der Waals surface area contributed by atoms with Crippen molar-refractivity contribution in [1.82, 2.24) is 14.2 Å². The van der Waals surface area contributed by atoms with Gasteiger partial charge in [-0.1, -0.05) is 19.1 Å². The Kier molecular flexibility index (Phi) is 8.67. The molecule has 0 bridgehead atoms. The lowest BCUT2D eigenvalue weighted by Crippen LogP contribution is -2.50. The molecule has 1 aliphatic carbocycles. The summed E-state index contributed by atoms with van der Waals surface area (Å²) in [5.74, 6) is 0.00916. The molecule has 0 unspecified atom stereocenters. The Hall–Kier alpha value is -2.75. The predicted octanol–water partition coefficient (Wildman–Crippen LogP) is 3.51. The van der Waals surface area contributed by atoms with Crippen LogP contribution < -0.4 is 4.74 Å². The molecule has 4 rings (SSSR count). The van der Waals surface area contributed by atoms with Gasteiger partial charge in [0.2, 0.25) is 15.9 Å². The van der Waals surface area contributed by atoms with E-state index in [1.54, 1.807) is 37.3 Å². The van der Waals surface area contributed by atoms with Crippen molar-refractivity contribution >= 4 is 21.5 Å². The van der Waals surface area contributed by atoms with Crippen molar-refractivity contribution in [2.75, 3.05) is 26.7 Å². The van der Waals surface area contributed by atoms with Crippen molar-refractivity contribution in [2.24, 2.45) is 5.92 Å². The molecule has 2 heterocycles. The maximum Gasteiger partial charge on any atom is 0.247 e. The molecular weight excluding hydrogens is 490 g/mol. The first-order valence-corrected chi connectivity index (χ1v) is 14.4. The van der Waals surface area contributed by atoms with Gasteiger partial charge in [-0.3, -0.25) is 9.78 Å². The Labute approximate surface area is 220 Å². The van der Waals surface area contributed by atoms with E-state index in [4.69, 9.17) is 4.74 Å². The Balaban J connectivity index is 1.67. The van der Waals surface area contributed by atoms with Crippen LogP contribution in [0.25, 0.3) is 5.57 Å². The number of benzene rings is 1. The van der Waals surface area contributed by atoms with Gasteiger partial charge in [-0.2, -0.15) is 4.31 Å². The van der Waals surface area contributed by atoms with Gasteiger partial charge in [0.1, 0.15) is 16.7 Å². The standard InChI is InChI=1S/C28H37N3O5S/c1-20-17-31(21(2)19-32)37(34,35)27-10-9-24(23-7-5-4-6-8-23)16-25(27)36-26(20)18-30(3)28(33)15-22-11-13-29-14-12-22/h7,9-14,16,20-21,26,32H,4-6,8,15,17-19H2,1-3H3/t20-,21+,26-/m1/s1. The fourth-order valence-corrected chi connectivity index (χ4v) is 6.75. The van der Waals surface area contributed by atoms with Crippen molar-refractivity contribution in [2.45, 2.75) is 63.0 Å². The summed E-state index contributed by atoms with van der Waals surface area (Å²) in [6.45, 7) is 3.82. The number of carbonyl (C=O) groups excluding carboxylic acids is 1. The van der Waals surface area contributed by atoms with Gasteiger partial charge in [0.25, 0.3) is 0 Å². The van der Waals surface area contributed by atoms with Crippen LogP contribution in [0.2, 0.25) is 0 Å². The Morgan fingerprint density at radius 1 is 1.24 bits per heavy atom. The van der Waals surface area contributed by atoms with Crippen LogP contribution in [-0.4, -0.2) is 72.5 Å². The molecule has 2 aromatic rings. The van der Waals surface area contributed by atoms with Gasteiger partial charge in [-0.15, -0.1) is 0 Å². The molecule has 9 heteroatoms. The van der Waals surface area contributed by atoms with Crippen LogP contribution >= 0.6 is 0 Å². The summed E-state index contributed by atoms with van der Waals surface area (Å²) in [4.78, 5) is 18.7. The molecule has 3 atom stereocenters. The summed E-state index contributed by atoms with van der Waals surface area (Å²) in [7, 11) is -2.16. The zero-order chi connectivity index (χ0) is 26.6. The van der Waals surface area contributed by atoms with E-state index in [2.05, 4.69) is 11.1 Å². The molecule has 0 fully saturated rings. The second-order valence-electron chi connectivity index (χ2n) is 10.2. The summed E-state index contributed by atoms with van der Waals surface area (Å²) in [6.07, 6.45) is 9.58. The summed E-state index contributed by atoms with van der Waals surface area (Å²) >= 11 is 0. The van der Waals surface area contributed by atoms with Crippen LogP contribution in [-0.2, 0) is 21.2 Å². The average Bonchev–Trinajstić information content (AvgIpc) is 2.91. The maximum absolute atomic E-state index is 13.7. The maximum atomic E-state index is 13.7. The molecule has 1 aromatic carbocycles. The van der Waals surface area contributed by atoms with Gasteiger partial charge >= 0.3 is 0 Å². The number of rotatable bonds is 7. The van der Waals surface area contributed by atoms with E-state index in [0.717, 1.165) is 36.8 Å². The van der Waals surface area contributed by atoms with E-state index in [-0.39, 0.29) is 36.3 Å². The number of amides is 1. The van der Waals surface area contributed by atoms with Gasteiger partial charge in [0, 0.05) is 37.9 Å². The van der Waals surface area contributed by atoms with E-state index in [9.17, 15) is 18.3 Å². The van der Waals surface area contributed by atoms with Crippen molar-refractivity contribution in [3.8, 4) is 5.75 Å². The number of allylic oxidation sites excluding steroid dienone is 2. The predicted molar refractivity (Wildman–Crippen MR) is 142 cm³/mol. The minimum atomic E-state index is -3.90. The van der Waals surface area contributed by atoms with Gasteiger partial charge in [0.15, 0.2) is 0 Å². The Bertz CT molecular complexity index is 1230. The van der Waals surface area contributed by atoms with Crippen molar-refractivity contribution in [1.29, 1.82) is 0 Å². The van der Waals surface area contributed by atoms with E-state index in [0.29, 0.717) is 12.3 Å². The molecule has 37 heavy (non-hydrogen) atoms. The third kappa shape index (κ3) is 6.22. The highest BCUT2D eigenvalue weighted by Crippen LogP contribution is 2.37. The summed E-state index contributed by atoms with van der Waals surface area (Å²) in [5.41, 5.74) is 3.04. The van der Waals surface area contributed by atoms with Crippen LogP contribution in [0.15, 0.2) is 53.7 Å². The first-order valence-electron chi connectivity index (χ1n) is 13.0. The number of sulfonamides is 1. The first kappa shape index (κ1) is 27.3. The van der Waals surface area contributed by atoms with Gasteiger partial charge < -0.3 is 14.7 Å². The minimum absolute atomic E-state index is 0.0569.